The summed E-state index contributed by atoms with van der Waals surface area (Å²) in [5.74, 6) is -1.04. The van der Waals surface area contributed by atoms with Gasteiger partial charge in [0.25, 0.3) is 11.4 Å². The number of ether oxygens (including phenoxy) is 3. The monoisotopic (exact) mass is 1070 g/mol. The van der Waals surface area contributed by atoms with Crippen LogP contribution in [0, 0.1) is 38.0 Å². The first-order chi connectivity index (χ1) is 38.1. The molecule has 404 valence electrons. The molecule has 1 amide bonds. The van der Waals surface area contributed by atoms with Gasteiger partial charge in [0.1, 0.15) is 24.1 Å². The second-order valence-corrected chi connectivity index (χ2v) is 20.9. The fourth-order valence-corrected chi connectivity index (χ4v) is 12.2. The van der Waals surface area contributed by atoms with Crippen molar-refractivity contribution in [3.05, 3.63) is 212 Å². The van der Waals surface area contributed by atoms with Crippen molar-refractivity contribution in [3.63, 3.8) is 0 Å². The number of hydrogen-bond donors (Lipinski definition) is 2. The normalized spacial score (nSPS) is 20.8. The Labute approximate surface area is 458 Å². The molecule has 2 aliphatic carbocycles. The number of nitro groups is 2. The van der Waals surface area contributed by atoms with Gasteiger partial charge in [-0.25, -0.2) is 0 Å². The first-order valence-electron chi connectivity index (χ1n) is 26.5. The van der Waals surface area contributed by atoms with Gasteiger partial charge in [0, 0.05) is 78.7 Å². The van der Waals surface area contributed by atoms with E-state index < -0.39 is 27.6 Å². The lowest BCUT2D eigenvalue weighted by atomic mass is 9.55. The van der Waals surface area contributed by atoms with Gasteiger partial charge in [-0.1, -0.05) is 90.8 Å². The van der Waals surface area contributed by atoms with Gasteiger partial charge < -0.3 is 34.2 Å². The maximum absolute atomic E-state index is 15.6. The summed E-state index contributed by atoms with van der Waals surface area (Å²) in [5.41, 5.74) is 4.31. The fourth-order valence-electron chi connectivity index (χ4n) is 11.4. The molecule has 0 aromatic heterocycles. The number of allylic oxidation sites excluding steroid dienone is 1. The van der Waals surface area contributed by atoms with E-state index in [0.717, 1.165) is 58.1 Å². The van der Waals surface area contributed by atoms with E-state index in [-0.39, 0.29) is 74.4 Å². The molecule has 6 aromatic carbocycles. The molecule has 0 radical (unpaired) electrons. The van der Waals surface area contributed by atoms with Gasteiger partial charge in [-0.15, -0.1) is 18.3 Å². The van der Waals surface area contributed by atoms with Crippen molar-refractivity contribution in [3.8, 4) is 11.5 Å². The van der Waals surface area contributed by atoms with Crippen LogP contribution in [0.3, 0.4) is 0 Å². The van der Waals surface area contributed by atoms with Crippen LogP contribution in [-0.4, -0.2) is 80.6 Å². The number of rotatable bonds is 26. The minimum atomic E-state index is -1.59. The molecule has 6 atom stereocenters. The van der Waals surface area contributed by atoms with Crippen LogP contribution in [0.15, 0.2) is 180 Å². The number of hydrogen-bond acceptors (Lipinski definition) is 13. The molecule has 0 bridgehead atoms. The zero-order chi connectivity index (χ0) is 54.4. The van der Waals surface area contributed by atoms with Gasteiger partial charge in [0.15, 0.2) is 0 Å². The molecular formula is C62H64N4O11S. The summed E-state index contributed by atoms with van der Waals surface area (Å²) in [7, 11) is 0. The summed E-state index contributed by atoms with van der Waals surface area (Å²) >= 11 is 1.71. The number of unbranched alkanes of at least 4 members (excludes halogenated alkanes) is 2. The van der Waals surface area contributed by atoms with Crippen molar-refractivity contribution >= 4 is 51.6 Å². The Morgan fingerprint density at radius 2 is 1.55 bits per heavy atom. The number of carbonyl (C=O) groups is 1. The third kappa shape index (κ3) is 12.7. The number of nitro benzene ring substituents is 2. The molecule has 0 saturated heterocycles. The fraction of sp³-hybridized carbons (Fsp3) is 0.323. The number of fused-ring (bicyclic) bond motifs is 3. The van der Waals surface area contributed by atoms with Crippen LogP contribution in [0.25, 0.3) is 16.8 Å². The number of aliphatic hydroxyl groups excluding tert-OH is 2. The van der Waals surface area contributed by atoms with E-state index in [1.165, 1.54) is 30.3 Å². The van der Waals surface area contributed by atoms with E-state index in [1.54, 1.807) is 53.1 Å². The van der Waals surface area contributed by atoms with Gasteiger partial charge >= 0.3 is 0 Å². The van der Waals surface area contributed by atoms with E-state index in [4.69, 9.17) is 24.2 Å². The third-order valence-corrected chi connectivity index (χ3v) is 15.9. The molecule has 1 fully saturated rings. The zero-order valence-corrected chi connectivity index (χ0v) is 44.2. The van der Waals surface area contributed by atoms with E-state index in [0.29, 0.717) is 53.5 Å². The quantitative estimate of drug-likeness (QED) is 0.0130. The molecule has 2 N–H and O–H groups in total. The number of non-ortho nitro benzene ring substituents is 2. The molecule has 15 nitrogen and oxygen atoms in total. The number of amides is 1. The summed E-state index contributed by atoms with van der Waals surface area (Å²) in [6, 6.07) is 41.3. The number of nitrogens with zero attached hydrogens (tertiary/aromatic N) is 4. The SMILES string of the molecule is C=CCO[C@@]12Oc3ccc(OCCSc4ccccc4)cc3[C@H]3[C@H](CCCCO)[C@@H](CCCCO)C=C(C(=NOCc4ccc([N+](=O)[O-])cc4)C[C@@H]1N(Cc1cccc4ccccc14)C(=O)C=Cc1ccc([N+](=O)[O-])cc1)[C@H]32. The molecule has 3 aliphatic rings. The highest BCUT2D eigenvalue weighted by Gasteiger charge is 2.65. The first kappa shape index (κ1) is 55.1. The van der Waals surface area contributed by atoms with Crippen molar-refractivity contribution in [1.82, 2.24) is 4.90 Å². The maximum atomic E-state index is 15.6. The largest absolute Gasteiger partial charge is 0.493 e. The highest BCUT2D eigenvalue weighted by Crippen LogP contribution is 2.62. The first-order valence-corrected chi connectivity index (χ1v) is 27.5. The molecule has 16 heteroatoms. The van der Waals surface area contributed by atoms with Gasteiger partial charge in [0.05, 0.1) is 34.7 Å². The molecule has 78 heavy (non-hydrogen) atoms. The summed E-state index contributed by atoms with van der Waals surface area (Å²) < 4.78 is 21.4. The lowest BCUT2D eigenvalue weighted by Gasteiger charge is -2.60. The summed E-state index contributed by atoms with van der Waals surface area (Å²) in [5, 5.41) is 50.3. The van der Waals surface area contributed by atoms with Crippen LogP contribution in [0.5, 0.6) is 11.5 Å². The second-order valence-electron chi connectivity index (χ2n) is 19.8. The summed E-state index contributed by atoms with van der Waals surface area (Å²) in [6.45, 7) is 4.77. The zero-order valence-electron chi connectivity index (χ0n) is 43.3. The molecule has 0 unspecified atom stereocenters. The Hall–Kier alpha value is -7.63. The average molecular weight is 1070 g/mol. The molecule has 1 heterocycles. The standard InChI is InChI=1S/C62H64N4O11S/c1-2-35-75-62-58(64(41-47-16-12-15-45-13-6-7-19-52(45)47)59(69)32-25-43-21-26-48(27-22-43)65(70)71)40-56(63-76-42-44-23-28-49(29-24-44)66(72)73)54-38-46(14-8-10-33-67)53(20-9-11-34-68)60(61(54)62)55-39-50(30-31-57(55)77-62)74-36-37-78-51-17-4-3-5-18-51/h2-7,12-13,15-19,21-32,38-39,46,53,58,60-61,67-68H,1,8-11,14,20,33-37,40-42H2/t46-,53+,58-,60+,61+,62+/m0/s1. The van der Waals surface area contributed by atoms with Gasteiger partial charge in [-0.05, 0) is 131 Å². The van der Waals surface area contributed by atoms with E-state index in [1.807, 2.05) is 72.8 Å². The molecule has 9 rings (SSSR count). The van der Waals surface area contributed by atoms with Crippen LogP contribution in [-0.2, 0) is 27.5 Å². The van der Waals surface area contributed by atoms with Gasteiger partial charge in [0.2, 0.25) is 11.7 Å². The lowest BCUT2D eigenvalue weighted by Crippen LogP contribution is -2.70. The van der Waals surface area contributed by atoms with Gasteiger partial charge in [-0.2, -0.15) is 0 Å². The van der Waals surface area contributed by atoms with E-state index in [2.05, 4.69) is 30.9 Å². The van der Waals surface area contributed by atoms with Crippen molar-refractivity contribution in [2.45, 2.75) is 80.7 Å². The van der Waals surface area contributed by atoms with Crippen molar-refractivity contribution in [2.24, 2.45) is 22.9 Å². The molecular weight excluding hydrogens is 1010 g/mol. The summed E-state index contributed by atoms with van der Waals surface area (Å²) in [6.07, 6.45) is 11.3. The topological polar surface area (TPSA) is 196 Å². The second kappa shape index (κ2) is 26.1. The van der Waals surface area contributed by atoms with Crippen LogP contribution in [0.1, 0.15) is 73.1 Å². The van der Waals surface area contributed by atoms with Crippen LogP contribution < -0.4 is 9.47 Å². The highest BCUT2D eigenvalue weighted by atomic mass is 32.2. The number of oxime groups is 1. The van der Waals surface area contributed by atoms with Crippen LogP contribution in [0.4, 0.5) is 11.4 Å². The highest BCUT2D eigenvalue weighted by molar-refractivity contribution is 7.99. The average Bonchev–Trinajstić information content (AvgIpc) is 2.59. The van der Waals surface area contributed by atoms with Crippen molar-refractivity contribution in [1.29, 1.82) is 0 Å². The minimum absolute atomic E-state index is 0.00539. The van der Waals surface area contributed by atoms with Crippen molar-refractivity contribution < 1.29 is 43.9 Å². The summed E-state index contributed by atoms with van der Waals surface area (Å²) in [4.78, 5) is 47.0. The van der Waals surface area contributed by atoms with Crippen molar-refractivity contribution in [2.75, 3.05) is 32.2 Å². The Bertz CT molecular complexity index is 3150. The minimum Gasteiger partial charge on any atom is -0.493 e. The Morgan fingerprint density at radius 3 is 2.28 bits per heavy atom. The van der Waals surface area contributed by atoms with Gasteiger partial charge in [-0.3, -0.25) is 25.0 Å². The Kier molecular flexibility index (Phi) is 18.5. The molecule has 1 aliphatic heterocycles. The molecule has 1 saturated carbocycles. The predicted octanol–water partition coefficient (Wildman–Crippen LogP) is 12.4. The number of aliphatic hydroxyl groups is 2. The molecule has 6 aromatic rings. The number of benzene rings is 6. The predicted molar refractivity (Wildman–Crippen MR) is 302 cm³/mol. The Morgan fingerprint density at radius 1 is 0.846 bits per heavy atom. The third-order valence-electron chi connectivity index (χ3n) is 15.0. The lowest BCUT2D eigenvalue weighted by molar-refractivity contribution is -0.385. The maximum Gasteiger partial charge on any atom is 0.269 e. The number of carbonyl (C=O) groups excluding carboxylic acids is 1. The number of thioether (sulfide) groups is 1. The molecule has 0 spiro atoms. The Balaban J connectivity index is 1.22. The van der Waals surface area contributed by atoms with E-state index in [9.17, 15) is 30.4 Å². The van der Waals surface area contributed by atoms with E-state index >= 15 is 4.79 Å². The smallest absolute Gasteiger partial charge is 0.269 e. The van der Waals surface area contributed by atoms with Crippen LogP contribution in [0.2, 0.25) is 0 Å². The van der Waals surface area contributed by atoms with Crippen LogP contribution >= 0.6 is 11.8 Å².